The molecule has 1 aliphatic carbocycles. The van der Waals surface area contributed by atoms with Crippen molar-refractivity contribution in [2.24, 2.45) is 0 Å². The fourth-order valence-corrected chi connectivity index (χ4v) is 1.00. The lowest BCUT2D eigenvalue weighted by molar-refractivity contribution is 0.257. The van der Waals surface area contributed by atoms with Crippen LogP contribution in [0.25, 0.3) is 0 Å². The first-order chi connectivity index (χ1) is 5.75. The third kappa shape index (κ3) is 1.96. The largest absolute Gasteiger partial charge is 0.395 e. The van der Waals surface area contributed by atoms with E-state index in [1.165, 1.54) is 0 Å². The summed E-state index contributed by atoms with van der Waals surface area (Å²) < 4.78 is 0. The molecule has 66 valence electrons. The minimum atomic E-state index is -0.601. The minimum absolute atomic E-state index is 0.0738. The van der Waals surface area contributed by atoms with E-state index < -0.39 is 6.10 Å². The van der Waals surface area contributed by atoms with E-state index in [0.717, 1.165) is 5.70 Å². The molecule has 1 aliphatic rings. The van der Waals surface area contributed by atoms with Crippen molar-refractivity contribution in [2.75, 3.05) is 13.2 Å². The topological polar surface area (TPSA) is 52.5 Å². The van der Waals surface area contributed by atoms with Crippen molar-refractivity contribution in [1.29, 1.82) is 0 Å². The van der Waals surface area contributed by atoms with Gasteiger partial charge in [0.1, 0.15) is 0 Å². The zero-order chi connectivity index (χ0) is 8.97. The smallest absolute Gasteiger partial charge is 0.0989 e. The van der Waals surface area contributed by atoms with Crippen LogP contribution in [0.2, 0.25) is 0 Å². The first-order valence-corrected chi connectivity index (χ1v) is 3.86. The van der Waals surface area contributed by atoms with Crippen molar-refractivity contribution in [3.05, 3.63) is 36.1 Å². The molecule has 0 aliphatic heterocycles. The Morgan fingerprint density at radius 1 is 1.58 bits per heavy atom. The number of allylic oxidation sites excluding steroid dienone is 2. The second-order valence-electron chi connectivity index (χ2n) is 2.59. The molecule has 0 aromatic carbocycles. The first-order valence-electron chi connectivity index (χ1n) is 3.86. The Bertz CT molecular complexity index is 231. The Hall–Kier alpha value is -1.06. The molecule has 0 bridgehead atoms. The highest BCUT2D eigenvalue weighted by Gasteiger charge is 2.11. The summed E-state index contributed by atoms with van der Waals surface area (Å²) in [6, 6.07) is 0. The maximum Gasteiger partial charge on any atom is 0.0989 e. The van der Waals surface area contributed by atoms with Gasteiger partial charge in [-0.25, -0.2) is 0 Å². The van der Waals surface area contributed by atoms with Crippen LogP contribution in [0, 0.1) is 0 Å². The van der Waals surface area contributed by atoms with Crippen molar-refractivity contribution in [3.8, 4) is 0 Å². The van der Waals surface area contributed by atoms with Gasteiger partial charge in [0, 0.05) is 17.8 Å². The molecule has 0 heterocycles. The highest BCUT2D eigenvalue weighted by molar-refractivity contribution is 5.39. The molecule has 1 unspecified atom stereocenters. The molecule has 3 heteroatoms. The standard InChI is InChI=1S/C9H13NO2/c1-7-8(10-5-6-11)3-2-4-9(7)12/h2-4,9-12H,1,5-6H2. The molecule has 1 rings (SSSR count). The van der Waals surface area contributed by atoms with Gasteiger partial charge in [0.15, 0.2) is 0 Å². The van der Waals surface area contributed by atoms with E-state index in [2.05, 4.69) is 11.9 Å². The van der Waals surface area contributed by atoms with E-state index in [4.69, 9.17) is 5.11 Å². The average Bonchev–Trinajstić information content (AvgIpc) is 2.08. The van der Waals surface area contributed by atoms with Crippen molar-refractivity contribution >= 4 is 0 Å². The fourth-order valence-electron chi connectivity index (χ4n) is 1.00. The van der Waals surface area contributed by atoms with Crippen LogP contribution in [0.3, 0.4) is 0 Å². The van der Waals surface area contributed by atoms with Gasteiger partial charge < -0.3 is 15.5 Å². The summed E-state index contributed by atoms with van der Waals surface area (Å²) in [6.45, 7) is 4.27. The molecule has 0 aromatic rings. The Labute approximate surface area is 71.7 Å². The van der Waals surface area contributed by atoms with Crippen LogP contribution >= 0.6 is 0 Å². The Balaban J connectivity index is 2.57. The normalized spacial score (nSPS) is 22.3. The van der Waals surface area contributed by atoms with Gasteiger partial charge in [-0.05, 0) is 6.08 Å². The van der Waals surface area contributed by atoms with Gasteiger partial charge in [0.05, 0.1) is 12.7 Å². The highest BCUT2D eigenvalue weighted by Crippen LogP contribution is 2.15. The molecule has 0 fully saturated rings. The second-order valence-corrected chi connectivity index (χ2v) is 2.59. The monoisotopic (exact) mass is 167 g/mol. The van der Waals surface area contributed by atoms with Crippen LogP contribution in [0.5, 0.6) is 0 Å². The van der Waals surface area contributed by atoms with Crippen LogP contribution < -0.4 is 5.32 Å². The summed E-state index contributed by atoms with van der Waals surface area (Å²) >= 11 is 0. The number of nitrogens with one attached hydrogen (secondary N) is 1. The lowest BCUT2D eigenvalue weighted by Gasteiger charge is -2.18. The molecule has 1 atom stereocenters. The zero-order valence-electron chi connectivity index (χ0n) is 6.83. The van der Waals surface area contributed by atoms with E-state index in [9.17, 15) is 5.11 Å². The van der Waals surface area contributed by atoms with Crippen LogP contribution in [0.15, 0.2) is 36.1 Å². The van der Waals surface area contributed by atoms with E-state index in [1.54, 1.807) is 12.2 Å². The Kier molecular flexibility index (Phi) is 3.08. The lowest BCUT2D eigenvalue weighted by atomic mass is 10.0. The molecule has 0 saturated carbocycles. The van der Waals surface area contributed by atoms with Gasteiger partial charge in [0.2, 0.25) is 0 Å². The molecule has 0 saturated heterocycles. The summed E-state index contributed by atoms with van der Waals surface area (Å²) in [7, 11) is 0. The summed E-state index contributed by atoms with van der Waals surface area (Å²) in [4.78, 5) is 0. The van der Waals surface area contributed by atoms with Gasteiger partial charge in [-0.15, -0.1) is 0 Å². The van der Waals surface area contributed by atoms with Crippen LogP contribution in [-0.4, -0.2) is 29.5 Å². The van der Waals surface area contributed by atoms with E-state index in [0.29, 0.717) is 12.1 Å². The molecular formula is C9H13NO2. The zero-order valence-corrected chi connectivity index (χ0v) is 6.83. The third-order valence-electron chi connectivity index (χ3n) is 1.69. The summed E-state index contributed by atoms with van der Waals surface area (Å²) in [5.41, 5.74) is 1.44. The Morgan fingerprint density at radius 3 is 3.00 bits per heavy atom. The molecule has 3 N–H and O–H groups in total. The van der Waals surface area contributed by atoms with Crippen molar-refractivity contribution in [2.45, 2.75) is 6.10 Å². The molecule has 0 aromatic heterocycles. The number of aliphatic hydroxyl groups is 2. The number of aliphatic hydroxyl groups excluding tert-OH is 2. The maximum atomic E-state index is 9.32. The molecule has 12 heavy (non-hydrogen) atoms. The maximum absolute atomic E-state index is 9.32. The summed E-state index contributed by atoms with van der Waals surface area (Å²) in [5.74, 6) is 0. The number of hydrogen-bond acceptors (Lipinski definition) is 3. The lowest BCUT2D eigenvalue weighted by Crippen LogP contribution is -2.24. The highest BCUT2D eigenvalue weighted by atomic mass is 16.3. The minimum Gasteiger partial charge on any atom is -0.395 e. The predicted octanol–water partition coefficient (Wildman–Crippen LogP) is -0.0609. The fraction of sp³-hybridized carbons (Fsp3) is 0.333. The van der Waals surface area contributed by atoms with Crippen LogP contribution in [0.4, 0.5) is 0 Å². The molecule has 0 radical (unpaired) electrons. The quantitative estimate of drug-likeness (QED) is 0.552. The van der Waals surface area contributed by atoms with Gasteiger partial charge in [0.25, 0.3) is 0 Å². The third-order valence-corrected chi connectivity index (χ3v) is 1.69. The van der Waals surface area contributed by atoms with Crippen LogP contribution in [0.1, 0.15) is 0 Å². The number of hydrogen-bond donors (Lipinski definition) is 3. The second kappa shape index (κ2) is 4.09. The summed E-state index contributed by atoms with van der Waals surface area (Å²) in [5, 5.41) is 20.8. The SMILES string of the molecule is C=C1C(NCCO)=CC=CC1O. The molecule has 0 amide bonds. The molecule has 0 spiro atoms. The van der Waals surface area contributed by atoms with E-state index in [1.807, 2.05) is 6.08 Å². The first kappa shape index (κ1) is 9.03. The Morgan fingerprint density at radius 2 is 2.33 bits per heavy atom. The average molecular weight is 167 g/mol. The molecular weight excluding hydrogens is 154 g/mol. The van der Waals surface area contributed by atoms with Gasteiger partial charge >= 0.3 is 0 Å². The van der Waals surface area contributed by atoms with E-state index >= 15 is 0 Å². The van der Waals surface area contributed by atoms with Gasteiger partial charge in [-0.2, -0.15) is 0 Å². The van der Waals surface area contributed by atoms with Gasteiger partial charge in [-0.1, -0.05) is 18.7 Å². The number of rotatable bonds is 3. The van der Waals surface area contributed by atoms with Crippen molar-refractivity contribution in [3.63, 3.8) is 0 Å². The molecule has 3 nitrogen and oxygen atoms in total. The van der Waals surface area contributed by atoms with Crippen molar-refractivity contribution in [1.82, 2.24) is 5.32 Å². The van der Waals surface area contributed by atoms with E-state index in [-0.39, 0.29) is 6.61 Å². The predicted molar refractivity (Wildman–Crippen MR) is 47.5 cm³/mol. The summed E-state index contributed by atoms with van der Waals surface area (Å²) in [6.07, 6.45) is 4.65. The van der Waals surface area contributed by atoms with Gasteiger partial charge in [-0.3, -0.25) is 0 Å². The van der Waals surface area contributed by atoms with Crippen molar-refractivity contribution < 1.29 is 10.2 Å². The van der Waals surface area contributed by atoms with Crippen LogP contribution in [-0.2, 0) is 0 Å².